The zero-order chi connectivity index (χ0) is 14.7. The van der Waals surface area contributed by atoms with Gasteiger partial charge in [-0.1, -0.05) is 0 Å². The first-order valence-electron chi connectivity index (χ1n) is 5.83. The van der Waals surface area contributed by atoms with Gasteiger partial charge in [-0.2, -0.15) is 0 Å². The van der Waals surface area contributed by atoms with Crippen LogP contribution in [0.4, 0.5) is 14.9 Å². The van der Waals surface area contributed by atoms with E-state index in [1.165, 1.54) is 23.1 Å². The molecule has 0 saturated carbocycles. The Morgan fingerprint density at radius 3 is 2.90 bits per heavy atom. The number of rotatable bonds is 2. The van der Waals surface area contributed by atoms with E-state index in [-0.39, 0.29) is 19.0 Å². The topological polar surface area (TPSA) is 78.9 Å². The molecule has 8 heteroatoms. The molecule has 1 atom stereocenters. The van der Waals surface area contributed by atoms with Crippen LogP contribution >= 0.6 is 22.6 Å². The second-order valence-corrected chi connectivity index (χ2v) is 5.36. The molecule has 2 N–H and O–H groups in total. The molecule has 108 valence electrons. The van der Waals surface area contributed by atoms with E-state index in [1.807, 2.05) is 22.6 Å². The number of anilines is 1. The van der Waals surface area contributed by atoms with Crippen molar-refractivity contribution < 1.29 is 23.8 Å². The predicted octanol–water partition coefficient (Wildman–Crippen LogP) is 1.75. The Morgan fingerprint density at radius 2 is 2.25 bits per heavy atom. The van der Waals surface area contributed by atoms with E-state index in [1.54, 1.807) is 0 Å². The molecule has 0 bridgehead atoms. The lowest BCUT2D eigenvalue weighted by atomic mass is 10.3. The fraction of sp³-hybridized carbons (Fsp3) is 0.333. The van der Waals surface area contributed by atoms with E-state index in [0.717, 1.165) is 0 Å². The molecule has 1 fully saturated rings. The smallest absolute Gasteiger partial charge is 0.334 e. The minimum Gasteiger partial charge on any atom is -0.479 e. The van der Waals surface area contributed by atoms with Gasteiger partial charge >= 0.3 is 12.0 Å². The molecule has 0 radical (unpaired) electrons. The monoisotopic (exact) mass is 394 g/mol. The Balaban J connectivity index is 2.02. The third-order valence-corrected chi connectivity index (χ3v) is 3.69. The summed E-state index contributed by atoms with van der Waals surface area (Å²) in [4.78, 5) is 24.3. The number of benzene rings is 1. The number of ether oxygens (including phenoxy) is 1. The van der Waals surface area contributed by atoms with Crippen LogP contribution in [0.3, 0.4) is 0 Å². The quantitative estimate of drug-likeness (QED) is 0.750. The van der Waals surface area contributed by atoms with Crippen LogP contribution in [0.5, 0.6) is 0 Å². The van der Waals surface area contributed by atoms with Gasteiger partial charge in [-0.25, -0.2) is 14.0 Å². The maximum absolute atomic E-state index is 13.0. The van der Waals surface area contributed by atoms with Crippen molar-refractivity contribution in [2.75, 3.05) is 25.0 Å². The molecule has 1 heterocycles. The van der Waals surface area contributed by atoms with Gasteiger partial charge in [0.25, 0.3) is 0 Å². The first-order chi connectivity index (χ1) is 9.47. The lowest BCUT2D eigenvalue weighted by molar-refractivity contribution is -0.154. The molecule has 2 rings (SSSR count). The zero-order valence-corrected chi connectivity index (χ0v) is 12.5. The molecule has 0 spiro atoms. The van der Waals surface area contributed by atoms with Gasteiger partial charge in [0.2, 0.25) is 0 Å². The number of carbonyl (C=O) groups is 2. The van der Waals surface area contributed by atoms with Crippen LogP contribution in [0.2, 0.25) is 0 Å². The van der Waals surface area contributed by atoms with Crippen molar-refractivity contribution in [3.8, 4) is 0 Å². The van der Waals surface area contributed by atoms with Crippen LogP contribution in [0.15, 0.2) is 18.2 Å². The molecular formula is C12H12FIN2O4. The number of carbonyl (C=O) groups excluding carboxylic acids is 1. The van der Waals surface area contributed by atoms with Gasteiger partial charge in [0.1, 0.15) is 5.82 Å². The number of halogens is 2. The highest BCUT2D eigenvalue weighted by atomic mass is 127. The van der Waals surface area contributed by atoms with Crippen molar-refractivity contribution in [3.05, 3.63) is 27.6 Å². The Labute approximate surface area is 128 Å². The summed E-state index contributed by atoms with van der Waals surface area (Å²) in [6.45, 7) is 0.469. The van der Waals surface area contributed by atoms with Gasteiger partial charge in [0.15, 0.2) is 6.10 Å². The molecule has 2 amide bonds. The summed E-state index contributed by atoms with van der Waals surface area (Å²) in [5, 5.41) is 11.5. The van der Waals surface area contributed by atoms with Crippen LogP contribution in [-0.2, 0) is 9.53 Å². The van der Waals surface area contributed by atoms with E-state index in [2.05, 4.69) is 5.32 Å². The van der Waals surface area contributed by atoms with Crippen molar-refractivity contribution in [1.82, 2.24) is 4.90 Å². The van der Waals surface area contributed by atoms with E-state index in [9.17, 15) is 14.0 Å². The number of hydrogen-bond acceptors (Lipinski definition) is 3. The zero-order valence-electron chi connectivity index (χ0n) is 10.3. The maximum Gasteiger partial charge on any atom is 0.334 e. The second-order valence-electron chi connectivity index (χ2n) is 4.20. The summed E-state index contributed by atoms with van der Waals surface area (Å²) in [6.07, 6.45) is -1.01. The number of morpholine rings is 1. The fourth-order valence-corrected chi connectivity index (χ4v) is 2.38. The van der Waals surface area contributed by atoms with Gasteiger partial charge in [-0.3, -0.25) is 0 Å². The van der Waals surface area contributed by atoms with Crippen molar-refractivity contribution in [1.29, 1.82) is 0 Å². The number of urea groups is 1. The number of nitrogens with one attached hydrogen (secondary N) is 1. The lowest BCUT2D eigenvalue weighted by Crippen LogP contribution is -2.50. The molecule has 1 aliphatic rings. The average Bonchev–Trinajstić information content (AvgIpc) is 2.42. The number of carboxylic acids is 1. The molecule has 20 heavy (non-hydrogen) atoms. The van der Waals surface area contributed by atoms with Crippen LogP contribution < -0.4 is 5.32 Å². The summed E-state index contributed by atoms with van der Waals surface area (Å²) in [5.74, 6) is -1.48. The van der Waals surface area contributed by atoms with Gasteiger partial charge in [-0.15, -0.1) is 0 Å². The molecule has 1 saturated heterocycles. The molecular weight excluding hydrogens is 382 g/mol. The van der Waals surface area contributed by atoms with Crippen molar-refractivity contribution in [2.45, 2.75) is 6.10 Å². The normalized spacial score (nSPS) is 18.7. The van der Waals surface area contributed by atoms with Gasteiger partial charge in [0.05, 0.1) is 18.8 Å². The van der Waals surface area contributed by atoms with Crippen molar-refractivity contribution in [2.24, 2.45) is 0 Å². The van der Waals surface area contributed by atoms with Crippen LogP contribution in [-0.4, -0.2) is 47.8 Å². The van der Waals surface area contributed by atoms with Gasteiger partial charge in [0, 0.05) is 10.1 Å². The van der Waals surface area contributed by atoms with Crippen LogP contribution in [0.25, 0.3) is 0 Å². The van der Waals surface area contributed by atoms with Crippen LogP contribution in [0.1, 0.15) is 0 Å². The Hall–Kier alpha value is -1.42. The first kappa shape index (κ1) is 15.0. The number of aliphatic carboxylic acids is 1. The third kappa shape index (κ3) is 3.57. The van der Waals surface area contributed by atoms with Crippen molar-refractivity contribution >= 4 is 40.3 Å². The summed E-state index contributed by atoms with van der Waals surface area (Å²) in [7, 11) is 0. The van der Waals surface area contributed by atoms with Crippen LogP contribution in [0, 0.1) is 9.39 Å². The lowest BCUT2D eigenvalue weighted by Gasteiger charge is -2.30. The van der Waals surface area contributed by atoms with E-state index in [4.69, 9.17) is 9.84 Å². The number of carboxylic acid groups (broad SMARTS) is 1. The predicted molar refractivity (Wildman–Crippen MR) is 77.1 cm³/mol. The molecule has 1 aromatic rings. The third-order valence-electron chi connectivity index (χ3n) is 2.80. The summed E-state index contributed by atoms with van der Waals surface area (Å²) in [6, 6.07) is 3.58. The molecule has 6 nitrogen and oxygen atoms in total. The highest BCUT2D eigenvalue weighted by Crippen LogP contribution is 2.20. The standard InChI is InChI=1S/C12H12FIN2O4/c13-7-1-2-9(8(14)5-7)15-12(19)16-3-4-20-10(6-16)11(17)18/h1-2,5,10H,3-4,6H2,(H,15,19)(H,17,18). The van der Waals surface area contributed by atoms with Gasteiger partial charge < -0.3 is 20.1 Å². The van der Waals surface area contributed by atoms with E-state index in [0.29, 0.717) is 15.8 Å². The maximum atomic E-state index is 13.0. The minimum absolute atomic E-state index is 0.0149. The van der Waals surface area contributed by atoms with Crippen molar-refractivity contribution in [3.63, 3.8) is 0 Å². The summed E-state index contributed by atoms with van der Waals surface area (Å²) >= 11 is 1.91. The average molecular weight is 394 g/mol. The Morgan fingerprint density at radius 1 is 1.50 bits per heavy atom. The fourth-order valence-electron chi connectivity index (χ4n) is 1.77. The first-order valence-corrected chi connectivity index (χ1v) is 6.90. The molecule has 0 aliphatic carbocycles. The second kappa shape index (κ2) is 6.35. The Kier molecular flexibility index (Phi) is 4.76. The number of amides is 2. The number of nitrogens with zero attached hydrogens (tertiary/aromatic N) is 1. The largest absolute Gasteiger partial charge is 0.479 e. The minimum atomic E-state index is -1.10. The van der Waals surface area contributed by atoms with E-state index < -0.39 is 18.1 Å². The summed E-state index contributed by atoms with van der Waals surface area (Å²) in [5.41, 5.74) is 0.482. The molecule has 1 aliphatic heterocycles. The highest BCUT2D eigenvalue weighted by Gasteiger charge is 2.29. The Bertz CT molecular complexity index is 540. The molecule has 1 aromatic carbocycles. The summed E-state index contributed by atoms with van der Waals surface area (Å²) < 4.78 is 18.6. The highest BCUT2D eigenvalue weighted by molar-refractivity contribution is 14.1. The molecule has 0 aromatic heterocycles. The van der Waals surface area contributed by atoms with E-state index >= 15 is 0 Å². The molecule has 1 unspecified atom stereocenters. The van der Waals surface area contributed by atoms with Gasteiger partial charge in [-0.05, 0) is 40.8 Å². The SMILES string of the molecule is O=C(O)C1CN(C(=O)Nc2ccc(F)cc2I)CCO1. The number of hydrogen-bond donors (Lipinski definition) is 2.